The number of piperazine rings is 1. The number of ether oxygens (including phenoxy) is 1. The van der Waals surface area contributed by atoms with E-state index < -0.39 is 17.8 Å². The van der Waals surface area contributed by atoms with Crippen LogP contribution in [0.1, 0.15) is 19.0 Å². The number of likely N-dealkylation sites (N-methyl/N-ethyl adjacent to an activating group) is 1. The van der Waals surface area contributed by atoms with E-state index in [2.05, 4.69) is 4.98 Å². The molecule has 4 amide bonds. The first kappa shape index (κ1) is 17.2. The lowest BCUT2D eigenvalue weighted by Crippen LogP contribution is -2.58. The Labute approximate surface area is 146 Å². The van der Waals surface area contributed by atoms with Crippen molar-refractivity contribution in [2.24, 2.45) is 0 Å². The van der Waals surface area contributed by atoms with Crippen LogP contribution in [0.5, 0.6) is 5.88 Å². The monoisotopic (exact) mass is 346 g/mol. The Kier molecular flexibility index (Phi) is 4.87. The van der Waals surface area contributed by atoms with Gasteiger partial charge in [0.15, 0.2) is 0 Å². The van der Waals surface area contributed by atoms with Crippen molar-refractivity contribution in [3.05, 3.63) is 23.9 Å². The fourth-order valence-electron chi connectivity index (χ4n) is 3.08. The largest absolute Gasteiger partial charge is 0.472 e. The number of carbonyl (C=O) groups excluding carboxylic acids is 3. The molecule has 2 aliphatic heterocycles. The van der Waals surface area contributed by atoms with Crippen LogP contribution in [0.15, 0.2) is 18.2 Å². The SMILES string of the molecule is CCN1CCN(C(=O)N2CCC(Oc3cccc(C)n3)C2)C(=O)C1=O. The summed E-state index contributed by atoms with van der Waals surface area (Å²) in [7, 11) is 0. The summed E-state index contributed by atoms with van der Waals surface area (Å²) in [6, 6.07) is 5.12. The van der Waals surface area contributed by atoms with Gasteiger partial charge < -0.3 is 14.5 Å². The van der Waals surface area contributed by atoms with Gasteiger partial charge in [0.2, 0.25) is 5.88 Å². The standard InChI is InChI=1S/C17H22N4O4/c1-3-19-9-10-21(16(23)15(19)22)17(24)20-8-7-13(11-20)25-14-6-4-5-12(2)18-14/h4-6,13H,3,7-11H2,1-2H3. The summed E-state index contributed by atoms with van der Waals surface area (Å²) in [6.45, 7) is 5.65. The number of imide groups is 1. The van der Waals surface area contributed by atoms with Gasteiger partial charge in [-0.25, -0.2) is 9.78 Å². The summed E-state index contributed by atoms with van der Waals surface area (Å²) in [5, 5.41) is 0. The molecule has 0 radical (unpaired) electrons. The van der Waals surface area contributed by atoms with Gasteiger partial charge in [-0.05, 0) is 19.9 Å². The lowest BCUT2D eigenvalue weighted by Gasteiger charge is -2.33. The number of hydrogen-bond donors (Lipinski definition) is 0. The lowest BCUT2D eigenvalue weighted by atomic mass is 10.3. The van der Waals surface area contributed by atoms with E-state index >= 15 is 0 Å². The second kappa shape index (κ2) is 7.08. The Balaban J connectivity index is 1.59. The van der Waals surface area contributed by atoms with Gasteiger partial charge >= 0.3 is 17.8 Å². The third kappa shape index (κ3) is 3.57. The number of hydrogen-bond acceptors (Lipinski definition) is 5. The first-order valence-electron chi connectivity index (χ1n) is 8.49. The Morgan fingerprint density at radius 1 is 1.24 bits per heavy atom. The van der Waals surface area contributed by atoms with Gasteiger partial charge in [0.1, 0.15) is 6.10 Å². The topological polar surface area (TPSA) is 83.0 Å². The zero-order chi connectivity index (χ0) is 18.0. The third-order valence-corrected chi connectivity index (χ3v) is 4.49. The number of likely N-dealkylation sites (tertiary alicyclic amines) is 1. The average molecular weight is 346 g/mol. The minimum Gasteiger partial charge on any atom is -0.472 e. The van der Waals surface area contributed by atoms with Crippen molar-refractivity contribution in [2.75, 3.05) is 32.7 Å². The highest BCUT2D eigenvalue weighted by molar-refractivity contribution is 6.38. The smallest absolute Gasteiger partial charge is 0.327 e. The number of pyridine rings is 1. The first-order valence-corrected chi connectivity index (χ1v) is 8.49. The van der Waals surface area contributed by atoms with E-state index in [-0.39, 0.29) is 12.6 Å². The third-order valence-electron chi connectivity index (χ3n) is 4.49. The molecule has 0 spiro atoms. The molecule has 8 heteroatoms. The normalized spacial score (nSPS) is 21.0. The molecule has 8 nitrogen and oxygen atoms in total. The van der Waals surface area contributed by atoms with Crippen LogP contribution in [0, 0.1) is 6.92 Å². The van der Waals surface area contributed by atoms with Gasteiger partial charge in [-0.2, -0.15) is 0 Å². The van der Waals surface area contributed by atoms with Crippen LogP contribution in [0.4, 0.5) is 4.79 Å². The second-order valence-corrected chi connectivity index (χ2v) is 6.22. The maximum Gasteiger partial charge on any atom is 0.327 e. The highest BCUT2D eigenvalue weighted by atomic mass is 16.5. The Bertz CT molecular complexity index is 693. The van der Waals surface area contributed by atoms with E-state index in [4.69, 9.17) is 4.74 Å². The number of aromatic nitrogens is 1. The lowest BCUT2D eigenvalue weighted by molar-refractivity contribution is -0.153. The fourth-order valence-corrected chi connectivity index (χ4v) is 3.08. The van der Waals surface area contributed by atoms with Crippen LogP contribution >= 0.6 is 0 Å². The van der Waals surface area contributed by atoms with Gasteiger partial charge in [-0.3, -0.25) is 14.5 Å². The highest BCUT2D eigenvalue weighted by Gasteiger charge is 2.39. The number of amides is 4. The molecule has 1 atom stereocenters. The molecule has 134 valence electrons. The fraction of sp³-hybridized carbons (Fsp3) is 0.529. The number of urea groups is 1. The molecule has 2 fully saturated rings. The average Bonchev–Trinajstić information content (AvgIpc) is 3.05. The van der Waals surface area contributed by atoms with Gasteiger partial charge in [0.25, 0.3) is 0 Å². The quantitative estimate of drug-likeness (QED) is 0.751. The van der Waals surface area contributed by atoms with Crippen LogP contribution in [-0.2, 0) is 9.59 Å². The molecule has 1 aromatic rings. The summed E-state index contributed by atoms with van der Waals surface area (Å²) in [5.41, 5.74) is 0.862. The van der Waals surface area contributed by atoms with Crippen LogP contribution in [0.2, 0.25) is 0 Å². The van der Waals surface area contributed by atoms with Crippen molar-refractivity contribution in [2.45, 2.75) is 26.4 Å². The maximum atomic E-state index is 12.6. The van der Waals surface area contributed by atoms with Crippen molar-refractivity contribution in [1.82, 2.24) is 19.7 Å². The molecule has 2 aliphatic rings. The molecule has 3 rings (SSSR count). The van der Waals surface area contributed by atoms with Crippen molar-refractivity contribution < 1.29 is 19.1 Å². The van der Waals surface area contributed by atoms with Gasteiger partial charge in [-0.1, -0.05) is 6.07 Å². The molecule has 0 saturated carbocycles. The van der Waals surface area contributed by atoms with E-state index in [1.807, 2.05) is 26.0 Å². The zero-order valence-corrected chi connectivity index (χ0v) is 14.5. The van der Waals surface area contributed by atoms with E-state index in [0.717, 1.165) is 10.6 Å². The molecule has 0 aliphatic carbocycles. The van der Waals surface area contributed by atoms with Gasteiger partial charge in [0, 0.05) is 44.4 Å². The Morgan fingerprint density at radius 3 is 2.76 bits per heavy atom. The summed E-state index contributed by atoms with van der Waals surface area (Å²) in [4.78, 5) is 45.0. The molecule has 1 aromatic heterocycles. The molecule has 1 unspecified atom stereocenters. The number of aryl methyl sites for hydroxylation is 1. The van der Waals surface area contributed by atoms with E-state index in [0.29, 0.717) is 38.5 Å². The molecular weight excluding hydrogens is 324 g/mol. The van der Waals surface area contributed by atoms with Crippen molar-refractivity contribution in [3.63, 3.8) is 0 Å². The first-order chi connectivity index (χ1) is 12.0. The predicted molar refractivity (Wildman–Crippen MR) is 88.9 cm³/mol. The number of nitrogens with zero attached hydrogens (tertiary/aromatic N) is 4. The minimum atomic E-state index is -0.747. The summed E-state index contributed by atoms with van der Waals surface area (Å²) in [5.74, 6) is -0.831. The summed E-state index contributed by atoms with van der Waals surface area (Å²) < 4.78 is 5.82. The minimum absolute atomic E-state index is 0.166. The van der Waals surface area contributed by atoms with Crippen molar-refractivity contribution in [3.8, 4) is 5.88 Å². The van der Waals surface area contributed by atoms with Crippen LogP contribution in [0.25, 0.3) is 0 Å². The van der Waals surface area contributed by atoms with Crippen molar-refractivity contribution in [1.29, 1.82) is 0 Å². The van der Waals surface area contributed by atoms with Crippen LogP contribution < -0.4 is 4.74 Å². The predicted octanol–water partition coefficient (Wildman–Crippen LogP) is 0.654. The molecule has 0 N–H and O–H groups in total. The molecular formula is C17H22N4O4. The summed E-state index contributed by atoms with van der Waals surface area (Å²) in [6.07, 6.45) is 0.499. The van der Waals surface area contributed by atoms with E-state index in [1.165, 1.54) is 4.90 Å². The van der Waals surface area contributed by atoms with Gasteiger partial charge in [-0.15, -0.1) is 0 Å². The molecule has 3 heterocycles. The van der Waals surface area contributed by atoms with E-state index in [1.54, 1.807) is 11.0 Å². The maximum absolute atomic E-state index is 12.6. The van der Waals surface area contributed by atoms with Crippen molar-refractivity contribution >= 4 is 17.8 Å². The Morgan fingerprint density at radius 2 is 2.04 bits per heavy atom. The molecule has 0 bridgehead atoms. The van der Waals surface area contributed by atoms with Crippen LogP contribution in [0.3, 0.4) is 0 Å². The Hall–Kier alpha value is -2.64. The zero-order valence-electron chi connectivity index (χ0n) is 14.5. The number of rotatable bonds is 3. The molecule has 0 aromatic carbocycles. The molecule has 2 saturated heterocycles. The van der Waals surface area contributed by atoms with Gasteiger partial charge in [0.05, 0.1) is 6.54 Å². The number of carbonyl (C=O) groups is 3. The second-order valence-electron chi connectivity index (χ2n) is 6.22. The van der Waals surface area contributed by atoms with Crippen LogP contribution in [-0.4, -0.2) is 76.4 Å². The molecule has 25 heavy (non-hydrogen) atoms. The van der Waals surface area contributed by atoms with E-state index in [9.17, 15) is 14.4 Å². The summed E-state index contributed by atoms with van der Waals surface area (Å²) >= 11 is 0. The highest BCUT2D eigenvalue weighted by Crippen LogP contribution is 2.19.